The van der Waals surface area contributed by atoms with Gasteiger partial charge >= 0.3 is 0 Å². The molecule has 0 radical (unpaired) electrons. The van der Waals surface area contributed by atoms with Gasteiger partial charge in [-0.05, 0) is 24.9 Å². The molecule has 0 bridgehead atoms. The van der Waals surface area contributed by atoms with E-state index < -0.39 is 0 Å². The van der Waals surface area contributed by atoms with Crippen LogP contribution in [0.4, 0.5) is 0 Å². The minimum absolute atomic E-state index is 0.489. The molecule has 0 aromatic carbocycles. The molecule has 0 aromatic heterocycles. The lowest BCUT2D eigenvalue weighted by Gasteiger charge is -2.41. The van der Waals surface area contributed by atoms with Gasteiger partial charge in [-0.25, -0.2) is 0 Å². The summed E-state index contributed by atoms with van der Waals surface area (Å²) in [6.07, 6.45) is 1.41. The van der Waals surface area contributed by atoms with Crippen molar-refractivity contribution in [2.24, 2.45) is 11.3 Å². The molecule has 0 spiro atoms. The van der Waals surface area contributed by atoms with E-state index in [1.807, 2.05) is 0 Å². The molecule has 2 atom stereocenters. The summed E-state index contributed by atoms with van der Waals surface area (Å²) in [5.41, 5.74) is 0.489. The van der Waals surface area contributed by atoms with Crippen LogP contribution in [0.25, 0.3) is 0 Å². The summed E-state index contributed by atoms with van der Waals surface area (Å²) in [6.45, 7) is 9.66. The zero-order valence-electron chi connectivity index (χ0n) is 9.22. The van der Waals surface area contributed by atoms with Crippen LogP contribution in [0, 0.1) is 11.3 Å². The lowest BCUT2D eigenvalue weighted by atomic mass is 9.68. The van der Waals surface area contributed by atoms with Crippen molar-refractivity contribution in [3.05, 3.63) is 0 Å². The Balaban J connectivity index is 2.55. The van der Waals surface area contributed by atoms with Crippen LogP contribution < -0.4 is 0 Å². The van der Waals surface area contributed by atoms with E-state index in [0.29, 0.717) is 5.41 Å². The highest BCUT2D eigenvalue weighted by molar-refractivity contribution is 6.11. The molecule has 70 valence electrons. The predicted octanol–water partition coefficient (Wildman–Crippen LogP) is 1.41. The maximum Gasteiger partial charge on any atom is 0.107 e. The van der Waals surface area contributed by atoms with Gasteiger partial charge in [0.05, 0.1) is 0 Å². The molecule has 1 saturated heterocycles. The lowest BCUT2D eigenvalue weighted by Crippen LogP contribution is -2.40. The third-order valence-electron chi connectivity index (χ3n) is 3.07. The van der Waals surface area contributed by atoms with Crippen LogP contribution in [0.5, 0.6) is 0 Å². The van der Waals surface area contributed by atoms with Gasteiger partial charge in [-0.3, -0.25) is 0 Å². The Morgan fingerprint density at radius 1 is 1.25 bits per heavy atom. The molecule has 1 aliphatic rings. The summed E-state index contributed by atoms with van der Waals surface area (Å²) in [5, 5.41) is 0. The molecular formula is C10H22BN. The molecule has 0 amide bonds. The first-order valence-electron chi connectivity index (χ1n) is 5.08. The number of piperidine rings is 1. The van der Waals surface area contributed by atoms with Gasteiger partial charge in [0, 0.05) is 6.54 Å². The molecule has 1 nitrogen and oxygen atoms in total. The molecule has 1 fully saturated rings. The smallest absolute Gasteiger partial charge is 0.107 e. The fraction of sp³-hybridized carbons (Fsp3) is 1.00. The standard InChI is InChI=1S/C10H22BN/c1-10(2,3)8-5-9(11)7-12(4)6-8/h8-9H,5-7,11H2,1-4H3. The number of hydrogen-bond donors (Lipinski definition) is 0. The fourth-order valence-electron chi connectivity index (χ4n) is 2.25. The summed E-state index contributed by atoms with van der Waals surface area (Å²) >= 11 is 0. The normalized spacial score (nSPS) is 33.7. The van der Waals surface area contributed by atoms with Crippen molar-refractivity contribution in [3.63, 3.8) is 0 Å². The van der Waals surface area contributed by atoms with Gasteiger partial charge < -0.3 is 4.90 Å². The Morgan fingerprint density at radius 2 is 1.83 bits per heavy atom. The molecule has 0 aliphatic carbocycles. The molecule has 0 N–H and O–H groups in total. The van der Waals surface area contributed by atoms with E-state index in [0.717, 1.165) is 11.7 Å². The van der Waals surface area contributed by atoms with Crippen LogP contribution in [0.1, 0.15) is 27.2 Å². The molecule has 0 saturated carbocycles. The predicted molar refractivity (Wildman–Crippen MR) is 57.4 cm³/mol. The molecule has 1 aliphatic heterocycles. The maximum atomic E-state index is 2.48. The number of hydrogen-bond acceptors (Lipinski definition) is 1. The van der Waals surface area contributed by atoms with Crippen molar-refractivity contribution in [2.75, 3.05) is 20.1 Å². The fourth-order valence-corrected chi connectivity index (χ4v) is 2.25. The van der Waals surface area contributed by atoms with Crippen LogP contribution >= 0.6 is 0 Å². The Morgan fingerprint density at radius 3 is 2.25 bits per heavy atom. The highest BCUT2D eigenvalue weighted by Gasteiger charge is 2.30. The maximum absolute atomic E-state index is 2.48. The van der Waals surface area contributed by atoms with E-state index in [4.69, 9.17) is 0 Å². The second kappa shape index (κ2) is 3.41. The quantitative estimate of drug-likeness (QED) is 0.493. The second-order valence-corrected chi connectivity index (χ2v) is 5.63. The van der Waals surface area contributed by atoms with Crippen molar-refractivity contribution >= 4 is 7.85 Å². The van der Waals surface area contributed by atoms with Gasteiger partial charge in [0.1, 0.15) is 7.85 Å². The van der Waals surface area contributed by atoms with Crippen LogP contribution in [0.3, 0.4) is 0 Å². The van der Waals surface area contributed by atoms with E-state index in [1.165, 1.54) is 19.5 Å². The molecule has 1 rings (SSSR count). The number of nitrogens with zero attached hydrogens (tertiary/aromatic N) is 1. The summed E-state index contributed by atoms with van der Waals surface area (Å²) < 4.78 is 0. The second-order valence-electron chi connectivity index (χ2n) is 5.63. The number of likely N-dealkylation sites (tertiary alicyclic amines) is 1. The Bertz CT molecular complexity index is 140. The van der Waals surface area contributed by atoms with Gasteiger partial charge in [-0.2, -0.15) is 0 Å². The van der Waals surface area contributed by atoms with E-state index in [2.05, 4.69) is 40.6 Å². The topological polar surface area (TPSA) is 3.24 Å². The highest BCUT2D eigenvalue weighted by Crippen LogP contribution is 2.35. The first-order valence-corrected chi connectivity index (χ1v) is 5.08. The van der Waals surface area contributed by atoms with E-state index in [1.54, 1.807) is 0 Å². The van der Waals surface area contributed by atoms with Crippen molar-refractivity contribution in [3.8, 4) is 0 Å². The van der Waals surface area contributed by atoms with Gasteiger partial charge in [0.15, 0.2) is 0 Å². The van der Waals surface area contributed by atoms with Gasteiger partial charge in [0.25, 0.3) is 0 Å². The zero-order chi connectivity index (χ0) is 9.35. The average molecular weight is 167 g/mol. The van der Waals surface area contributed by atoms with E-state index >= 15 is 0 Å². The van der Waals surface area contributed by atoms with Crippen molar-refractivity contribution in [2.45, 2.75) is 33.0 Å². The summed E-state index contributed by atoms with van der Waals surface area (Å²) in [6, 6.07) is 0. The molecule has 12 heavy (non-hydrogen) atoms. The first-order chi connectivity index (χ1) is 5.39. The van der Waals surface area contributed by atoms with Gasteiger partial charge in [0.2, 0.25) is 0 Å². The van der Waals surface area contributed by atoms with Crippen LogP contribution in [-0.2, 0) is 0 Å². The highest BCUT2D eigenvalue weighted by atomic mass is 15.1. The number of rotatable bonds is 0. The van der Waals surface area contributed by atoms with E-state index in [9.17, 15) is 0 Å². The minimum Gasteiger partial charge on any atom is -0.307 e. The Labute approximate surface area is 77.9 Å². The summed E-state index contributed by atoms with van der Waals surface area (Å²) in [7, 11) is 4.61. The monoisotopic (exact) mass is 167 g/mol. The third-order valence-corrected chi connectivity index (χ3v) is 3.07. The molecule has 0 aromatic rings. The lowest BCUT2D eigenvalue weighted by molar-refractivity contribution is 0.118. The third kappa shape index (κ3) is 2.51. The Hall–Kier alpha value is 0.0249. The molecule has 2 unspecified atom stereocenters. The average Bonchev–Trinajstić information content (AvgIpc) is 1.82. The van der Waals surface area contributed by atoms with Crippen molar-refractivity contribution in [1.82, 2.24) is 4.90 Å². The van der Waals surface area contributed by atoms with Gasteiger partial charge in [-0.1, -0.05) is 33.0 Å². The molecule has 2 heteroatoms. The Kier molecular flexibility index (Phi) is 2.87. The van der Waals surface area contributed by atoms with Crippen molar-refractivity contribution < 1.29 is 0 Å². The van der Waals surface area contributed by atoms with Gasteiger partial charge in [-0.15, -0.1) is 0 Å². The van der Waals surface area contributed by atoms with Crippen LogP contribution in [-0.4, -0.2) is 32.9 Å². The van der Waals surface area contributed by atoms with E-state index in [-0.39, 0.29) is 0 Å². The van der Waals surface area contributed by atoms with Crippen LogP contribution in [0.2, 0.25) is 5.82 Å². The minimum atomic E-state index is 0.489. The first kappa shape index (κ1) is 10.1. The molecular weight excluding hydrogens is 145 g/mol. The summed E-state index contributed by atoms with van der Waals surface area (Å²) in [4.78, 5) is 2.48. The van der Waals surface area contributed by atoms with Crippen LogP contribution in [0.15, 0.2) is 0 Å². The SMILES string of the molecule is BC1CC(C(C)(C)C)CN(C)C1. The largest absolute Gasteiger partial charge is 0.307 e. The summed E-state index contributed by atoms with van der Waals surface area (Å²) in [5.74, 6) is 1.76. The molecule has 1 heterocycles. The van der Waals surface area contributed by atoms with Crippen molar-refractivity contribution in [1.29, 1.82) is 0 Å². The zero-order valence-corrected chi connectivity index (χ0v) is 9.22.